The predicted octanol–water partition coefficient (Wildman–Crippen LogP) is 3.12. The molecule has 0 unspecified atom stereocenters. The van der Waals surface area contributed by atoms with Crippen LogP contribution in [0.1, 0.15) is 23.6 Å². The highest BCUT2D eigenvalue weighted by Crippen LogP contribution is 2.40. The number of aromatic nitrogens is 5. The molecule has 1 aliphatic rings. The summed E-state index contributed by atoms with van der Waals surface area (Å²) in [5.41, 5.74) is 3.02. The Morgan fingerprint density at radius 3 is 2.84 bits per heavy atom. The van der Waals surface area contributed by atoms with Gasteiger partial charge in [-0.05, 0) is 35.9 Å². The summed E-state index contributed by atoms with van der Waals surface area (Å²) >= 11 is 0. The molecule has 2 atom stereocenters. The Morgan fingerprint density at radius 1 is 1.16 bits per heavy atom. The Kier molecular flexibility index (Phi) is 5.14. The van der Waals surface area contributed by atoms with Crippen LogP contribution < -0.4 is 9.64 Å². The lowest BCUT2D eigenvalue weighted by atomic mass is 10.1. The second-order valence-electron chi connectivity index (χ2n) is 7.57. The lowest BCUT2D eigenvalue weighted by molar-refractivity contribution is 0.282. The van der Waals surface area contributed by atoms with Crippen LogP contribution in [0.3, 0.4) is 0 Å². The standard InChI is InChI=1S/C22H20F2N6O2/c1-32-22-16(7-14(23)9-27-22)18-8-15(24)11-29(18)21-3-2-20-26-10-19(30(20)28-21)17-6-13(12-31)4-5-25-17/h2-7,9-10,15,18,31H,8,11-12H2,1H3/t15-,18+/m0/s1. The van der Waals surface area contributed by atoms with Gasteiger partial charge in [0.15, 0.2) is 5.65 Å². The zero-order valence-corrected chi connectivity index (χ0v) is 17.2. The van der Waals surface area contributed by atoms with E-state index in [1.54, 1.807) is 46.1 Å². The van der Waals surface area contributed by atoms with Gasteiger partial charge in [-0.15, -0.1) is 5.10 Å². The summed E-state index contributed by atoms with van der Waals surface area (Å²) in [6.45, 7) is -0.00704. The summed E-state index contributed by atoms with van der Waals surface area (Å²) in [6.07, 6.45) is 3.38. The van der Waals surface area contributed by atoms with Gasteiger partial charge in [0.2, 0.25) is 5.88 Å². The van der Waals surface area contributed by atoms with Crippen LogP contribution in [0.2, 0.25) is 0 Å². The van der Waals surface area contributed by atoms with Gasteiger partial charge in [0.05, 0.1) is 44.4 Å². The van der Waals surface area contributed by atoms with Crippen LogP contribution >= 0.6 is 0 Å². The number of halogens is 2. The van der Waals surface area contributed by atoms with E-state index >= 15 is 0 Å². The van der Waals surface area contributed by atoms with Crippen LogP contribution in [0.15, 0.2) is 48.9 Å². The molecular formula is C22H20F2N6O2. The quantitative estimate of drug-likeness (QED) is 0.512. The third kappa shape index (κ3) is 3.52. The summed E-state index contributed by atoms with van der Waals surface area (Å²) in [5.74, 6) is 0.245. The molecule has 0 saturated carbocycles. The van der Waals surface area contributed by atoms with Crippen LogP contribution in [0.25, 0.3) is 17.0 Å². The van der Waals surface area contributed by atoms with Gasteiger partial charge in [-0.2, -0.15) is 0 Å². The molecule has 0 aromatic carbocycles. The molecule has 8 nitrogen and oxygen atoms in total. The summed E-state index contributed by atoms with van der Waals surface area (Å²) < 4.78 is 35.4. The number of imidazole rings is 1. The first-order valence-electron chi connectivity index (χ1n) is 10.1. The summed E-state index contributed by atoms with van der Waals surface area (Å²) in [5, 5.41) is 14.1. The van der Waals surface area contributed by atoms with Crippen molar-refractivity contribution in [1.29, 1.82) is 0 Å². The van der Waals surface area contributed by atoms with Gasteiger partial charge in [0, 0.05) is 18.2 Å². The van der Waals surface area contributed by atoms with E-state index in [1.807, 2.05) is 0 Å². The summed E-state index contributed by atoms with van der Waals surface area (Å²) in [4.78, 5) is 14.5. The van der Waals surface area contributed by atoms with Gasteiger partial charge in [0.25, 0.3) is 0 Å². The van der Waals surface area contributed by atoms with E-state index in [9.17, 15) is 13.9 Å². The molecule has 5 rings (SSSR count). The van der Waals surface area contributed by atoms with Gasteiger partial charge < -0.3 is 14.7 Å². The topological polar surface area (TPSA) is 88.7 Å². The minimum absolute atomic E-state index is 0.102. The highest BCUT2D eigenvalue weighted by Gasteiger charge is 2.36. The van der Waals surface area contributed by atoms with Crippen molar-refractivity contribution in [3.8, 4) is 17.3 Å². The number of rotatable bonds is 5. The first-order valence-corrected chi connectivity index (χ1v) is 10.1. The van der Waals surface area contributed by atoms with Crippen molar-refractivity contribution in [3.05, 3.63) is 65.9 Å². The number of aliphatic hydroxyl groups excluding tert-OH is 1. The average molecular weight is 438 g/mol. The van der Waals surface area contributed by atoms with Crippen molar-refractivity contribution < 1.29 is 18.6 Å². The van der Waals surface area contributed by atoms with Crippen molar-refractivity contribution in [2.24, 2.45) is 0 Å². The Morgan fingerprint density at radius 2 is 2.03 bits per heavy atom. The Balaban J connectivity index is 1.58. The van der Waals surface area contributed by atoms with Crippen LogP contribution in [-0.4, -0.2) is 49.5 Å². The van der Waals surface area contributed by atoms with Crippen molar-refractivity contribution in [3.63, 3.8) is 0 Å². The number of fused-ring (bicyclic) bond motifs is 1. The maximum absolute atomic E-state index is 14.5. The number of nitrogens with zero attached hydrogens (tertiary/aromatic N) is 6. The molecule has 0 spiro atoms. The monoisotopic (exact) mass is 438 g/mol. The molecule has 0 radical (unpaired) electrons. The lowest BCUT2D eigenvalue weighted by Crippen LogP contribution is -2.26. The van der Waals surface area contributed by atoms with Crippen LogP contribution in [0, 0.1) is 5.82 Å². The van der Waals surface area contributed by atoms with E-state index < -0.39 is 18.0 Å². The molecule has 0 bridgehead atoms. The van der Waals surface area contributed by atoms with Gasteiger partial charge in [-0.1, -0.05) is 0 Å². The molecule has 1 aliphatic heterocycles. The van der Waals surface area contributed by atoms with Gasteiger partial charge in [-0.3, -0.25) is 4.98 Å². The molecule has 4 aromatic heterocycles. The van der Waals surface area contributed by atoms with Crippen molar-refractivity contribution in [2.45, 2.75) is 25.2 Å². The average Bonchev–Trinajstić information content (AvgIpc) is 3.42. The molecule has 32 heavy (non-hydrogen) atoms. The maximum Gasteiger partial charge on any atom is 0.218 e. The number of anilines is 1. The molecular weight excluding hydrogens is 418 g/mol. The van der Waals surface area contributed by atoms with E-state index in [1.165, 1.54) is 13.2 Å². The number of aliphatic hydroxyl groups is 1. The third-order valence-electron chi connectivity index (χ3n) is 5.56. The third-order valence-corrected chi connectivity index (χ3v) is 5.56. The molecule has 5 heterocycles. The molecule has 1 N–H and O–H groups in total. The fraction of sp³-hybridized carbons (Fsp3) is 0.273. The van der Waals surface area contributed by atoms with E-state index in [4.69, 9.17) is 9.84 Å². The Bertz CT molecular complexity index is 1280. The molecule has 0 aliphatic carbocycles. The van der Waals surface area contributed by atoms with Crippen molar-refractivity contribution in [2.75, 3.05) is 18.6 Å². The number of ether oxygens (including phenoxy) is 1. The van der Waals surface area contributed by atoms with Crippen LogP contribution in [0.4, 0.5) is 14.6 Å². The molecule has 4 aromatic rings. The van der Waals surface area contributed by atoms with E-state index in [0.717, 1.165) is 6.20 Å². The SMILES string of the molecule is COc1ncc(F)cc1[C@H]1C[C@H](F)CN1c1ccc2ncc(-c3cc(CO)ccn3)n2n1. The number of hydrogen-bond acceptors (Lipinski definition) is 7. The van der Waals surface area contributed by atoms with Crippen LogP contribution in [0.5, 0.6) is 5.88 Å². The predicted molar refractivity (Wildman–Crippen MR) is 112 cm³/mol. The molecule has 0 amide bonds. The molecule has 10 heteroatoms. The van der Waals surface area contributed by atoms with E-state index in [0.29, 0.717) is 34.0 Å². The largest absolute Gasteiger partial charge is 0.481 e. The zero-order chi connectivity index (χ0) is 22.2. The number of methoxy groups -OCH3 is 1. The molecule has 1 saturated heterocycles. The van der Waals surface area contributed by atoms with Crippen molar-refractivity contribution >= 4 is 11.5 Å². The molecule has 164 valence electrons. The Labute approximate surface area is 182 Å². The second-order valence-corrected chi connectivity index (χ2v) is 7.57. The zero-order valence-electron chi connectivity index (χ0n) is 17.2. The second kappa shape index (κ2) is 8.12. The van der Waals surface area contributed by atoms with Gasteiger partial charge >= 0.3 is 0 Å². The Hall–Kier alpha value is -3.66. The maximum atomic E-state index is 14.5. The highest BCUT2D eigenvalue weighted by atomic mass is 19.1. The minimum Gasteiger partial charge on any atom is -0.481 e. The minimum atomic E-state index is -1.12. The summed E-state index contributed by atoms with van der Waals surface area (Å²) in [6, 6.07) is 7.86. The summed E-state index contributed by atoms with van der Waals surface area (Å²) in [7, 11) is 1.45. The number of alkyl halides is 1. The lowest BCUT2D eigenvalue weighted by Gasteiger charge is -2.26. The fourth-order valence-corrected chi connectivity index (χ4v) is 4.09. The number of hydrogen-bond donors (Lipinski definition) is 1. The fourth-order valence-electron chi connectivity index (χ4n) is 4.09. The molecule has 1 fully saturated rings. The van der Waals surface area contributed by atoms with E-state index in [2.05, 4.69) is 15.0 Å². The first kappa shape index (κ1) is 20.3. The first-order chi connectivity index (χ1) is 15.6. The van der Waals surface area contributed by atoms with Gasteiger partial charge in [0.1, 0.15) is 23.5 Å². The van der Waals surface area contributed by atoms with Crippen LogP contribution in [-0.2, 0) is 6.61 Å². The number of pyridine rings is 2. The van der Waals surface area contributed by atoms with Crippen molar-refractivity contribution in [1.82, 2.24) is 24.6 Å². The highest BCUT2D eigenvalue weighted by molar-refractivity contribution is 5.61. The normalized spacial score (nSPS) is 18.4. The smallest absolute Gasteiger partial charge is 0.218 e. The van der Waals surface area contributed by atoms with E-state index in [-0.39, 0.29) is 25.5 Å². The van der Waals surface area contributed by atoms with Gasteiger partial charge in [-0.25, -0.2) is 23.3 Å².